The van der Waals surface area contributed by atoms with Crippen molar-refractivity contribution in [1.29, 1.82) is 0 Å². The number of rotatable bonds is 6. The van der Waals surface area contributed by atoms with Crippen LogP contribution < -0.4 is 14.8 Å². The number of aromatic amines is 1. The minimum atomic E-state index is -0.156. The van der Waals surface area contributed by atoms with Gasteiger partial charge in [-0.05, 0) is 24.1 Å². The van der Waals surface area contributed by atoms with E-state index >= 15 is 0 Å². The third kappa shape index (κ3) is 3.15. The first-order valence-electron chi connectivity index (χ1n) is 7.26. The van der Waals surface area contributed by atoms with Crippen molar-refractivity contribution >= 4 is 17.0 Å². The minimum absolute atomic E-state index is 0.156. The van der Waals surface area contributed by atoms with Gasteiger partial charge in [0.05, 0.1) is 26.0 Å². The molecule has 23 heavy (non-hydrogen) atoms. The SMILES string of the molecule is COc1ccc(CCNC(=O)c2cc3occc3[nH]2)cc1OC. The monoisotopic (exact) mass is 314 g/mol. The number of H-pyrrole nitrogens is 1. The van der Waals surface area contributed by atoms with Crippen LogP contribution in [0.1, 0.15) is 16.1 Å². The number of hydrogen-bond acceptors (Lipinski definition) is 4. The van der Waals surface area contributed by atoms with Gasteiger partial charge in [0.25, 0.3) is 5.91 Å². The fourth-order valence-corrected chi connectivity index (χ4v) is 2.42. The predicted octanol–water partition coefficient (Wildman–Crippen LogP) is 2.75. The number of hydrogen-bond donors (Lipinski definition) is 2. The fourth-order valence-electron chi connectivity index (χ4n) is 2.42. The molecule has 0 unspecified atom stereocenters. The fraction of sp³-hybridized carbons (Fsp3) is 0.235. The lowest BCUT2D eigenvalue weighted by molar-refractivity contribution is 0.0950. The number of nitrogens with one attached hydrogen (secondary N) is 2. The lowest BCUT2D eigenvalue weighted by atomic mass is 10.1. The van der Waals surface area contributed by atoms with Gasteiger partial charge in [0.15, 0.2) is 17.1 Å². The zero-order valence-electron chi connectivity index (χ0n) is 13.0. The number of benzene rings is 1. The van der Waals surface area contributed by atoms with Gasteiger partial charge in [-0.3, -0.25) is 4.79 Å². The smallest absolute Gasteiger partial charge is 0.267 e. The van der Waals surface area contributed by atoms with E-state index in [-0.39, 0.29) is 5.91 Å². The van der Waals surface area contributed by atoms with Gasteiger partial charge in [-0.15, -0.1) is 0 Å². The van der Waals surface area contributed by atoms with Crippen LogP contribution in [0.25, 0.3) is 11.1 Å². The second-order valence-electron chi connectivity index (χ2n) is 5.08. The van der Waals surface area contributed by atoms with Crippen molar-refractivity contribution in [2.45, 2.75) is 6.42 Å². The van der Waals surface area contributed by atoms with Crippen LogP contribution in [0.5, 0.6) is 11.5 Å². The average Bonchev–Trinajstić information content (AvgIpc) is 3.16. The van der Waals surface area contributed by atoms with Gasteiger partial charge in [0.2, 0.25) is 0 Å². The quantitative estimate of drug-likeness (QED) is 0.733. The summed E-state index contributed by atoms with van der Waals surface area (Å²) < 4.78 is 15.7. The Kier molecular flexibility index (Phi) is 4.23. The highest BCUT2D eigenvalue weighted by atomic mass is 16.5. The number of methoxy groups -OCH3 is 2. The molecule has 1 amide bonds. The Morgan fingerprint density at radius 1 is 1.17 bits per heavy atom. The molecule has 0 saturated heterocycles. The van der Waals surface area contributed by atoms with Gasteiger partial charge in [0.1, 0.15) is 5.69 Å². The molecule has 0 atom stereocenters. The zero-order valence-corrected chi connectivity index (χ0v) is 13.0. The van der Waals surface area contributed by atoms with E-state index in [0.29, 0.717) is 35.7 Å². The van der Waals surface area contributed by atoms with Crippen LogP contribution in [0.4, 0.5) is 0 Å². The minimum Gasteiger partial charge on any atom is -0.493 e. The van der Waals surface area contributed by atoms with E-state index in [0.717, 1.165) is 11.1 Å². The van der Waals surface area contributed by atoms with E-state index in [4.69, 9.17) is 13.9 Å². The topological polar surface area (TPSA) is 76.5 Å². The second-order valence-corrected chi connectivity index (χ2v) is 5.08. The Morgan fingerprint density at radius 3 is 2.74 bits per heavy atom. The number of amides is 1. The Hall–Kier alpha value is -2.89. The summed E-state index contributed by atoms with van der Waals surface area (Å²) in [6, 6.07) is 9.20. The Bertz CT molecular complexity index is 790. The maximum atomic E-state index is 12.1. The van der Waals surface area contributed by atoms with Crippen LogP contribution in [0.15, 0.2) is 41.0 Å². The normalized spacial score (nSPS) is 10.7. The number of carbonyl (C=O) groups is 1. The number of carbonyl (C=O) groups excluding carboxylic acids is 1. The number of fused-ring (bicyclic) bond motifs is 1. The molecule has 6 nitrogen and oxygen atoms in total. The van der Waals surface area contributed by atoms with Crippen molar-refractivity contribution in [2.24, 2.45) is 0 Å². The van der Waals surface area contributed by atoms with E-state index in [2.05, 4.69) is 10.3 Å². The molecule has 6 heteroatoms. The molecular weight excluding hydrogens is 296 g/mol. The molecule has 3 aromatic rings. The van der Waals surface area contributed by atoms with Gasteiger partial charge in [0, 0.05) is 18.7 Å². The molecule has 0 aliphatic rings. The Balaban J connectivity index is 1.58. The first-order chi connectivity index (χ1) is 11.2. The lowest BCUT2D eigenvalue weighted by Gasteiger charge is -2.10. The molecule has 0 fully saturated rings. The van der Waals surface area contributed by atoms with Crippen molar-refractivity contribution in [1.82, 2.24) is 10.3 Å². The van der Waals surface area contributed by atoms with Crippen molar-refractivity contribution < 1.29 is 18.7 Å². The highest BCUT2D eigenvalue weighted by Gasteiger charge is 2.11. The van der Waals surface area contributed by atoms with Crippen LogP contribution in [0.3, 0.4) is 0 Å². The van der Waals surface area contributed by atoms with Gasteiger partial charge in [-0.1, -0.05) is 6.07 Å². The number of furan rings is 1. The summed E-state index contributed by atoms with van der Waals surface area (Å²) in [5, 5.41) is 2.88. The lowest BCUT2D eigenvalue weighted by Crippen LogP contribution is -2.25. The third-order valence-electron chi connectivity index (χ3n) is 3.63. The molecule has 120 valence electrons. The molecule has 0 radical (unpaired) electrons. The van der Waals surface area contributed by atoms with Gasteiger partial charge in [-0.25, -0.2) is 0 Å². The summed E-state index contributed by atoms with van der Waals surface area (Å²) in [6.45, 7) is 0.523. The molecule has 0 aliphatic carbocycles. The Labute approximate surface area is 133 Å². The van der Waals surface area contributed by atoms with Crippen LogP contribution in [0.2, 0.25) is 0 Å². The van der Waals surface area contributed by atoms with E-state index in [1.807, 2.05) is 18.2 Å². The summed E-state index contributed by atoms with van der Waals surface area (Å²) in [5.74, 6) is 1.21. The molecule has 1 aromatic carbocycles. The van der Waals surface area contributed by atoms with Crippen LogP contribution in [-0.2, 0) is 6.42 Å². The van der Waals surface area contributed by atoms with Gasteiger partial charge >= 0.3 is 0 Å². The summed E-state index contributed by atoms with van der Waals surface area (Å²) in [6.07, 6.45) is 2.28. The summed E-state index contributed by atoms with van der Waals surface area (Å²) in [7, 11) is 3.20. The molecule has 3 rings (SSSR count). The molecule has 0 bridgehead atoms. The van der Waals surface area contributed by atoms with Crippen molar-refractivity contribution in [3.05, 3.63) is 47.9 Å². The standard InChI is InChI=1S/C17H18N2O4/c1-21-14-4-3-11(9-16(14)22-2)5-7-18-17(20)13-10-15-12(19-13)6-8-23-15/h3-4,6,8-10,19H,5,7H2,1-2H3,(H,18,20). The van der Waals surface area contributed by atoms with E-state index < -0.39 is 0 Å². The van der Waals surface area contributed by atoms with Crippen LogP contribution in [0, 0.1) is 0 Å². The third-order valence-corrected chi connectivity index (χ3v) is 3.63. The highest BCUT2D eigenvalue weighted by molar-refractivity contribution is 5.96. The summed E-state index contributed by atoms with van der Waals surface area (Å²) >= 11 is 0. The zero-order chi connectivity index (χ0) is 16.2. The molecule has 0 aliphatic heterocycles. The largest absolute Gasteiger partial charge is 0.493 e. The number of ether oxygens (including phenoxy) is 2. The van der Waals surface area contributed by atoms with Gasteiger partial charge < -0.3 is 24.2 Å². The van der Waals surface area contributed by atoms with Crippen molar-refractivity contribution in [2.75, 3.05) is 20.8 Å². The molecule has 0 saturated carbocycles. The number of aromatic nitrogens is 1. The average molecular weight is 314 g/mol. The first kappa shape index (κ1) is 15.0. The van der Waals surface area contributed by atoms with Crippen LogP contribution >= 0.6 is 0 Å². The van der Waals surface area contributed by atoms with E-state index in [9.17, 15) is 4.79 Å². The molecule has 2 N–H and O–H groups in total. The molecular formula is C17H18N2O4. The first-order valence-corrected chi connectivity index (χ1v) is 7.26. The van der Waals surface area contributed by atoms with Gasteiger partial charge in [-0.2, -0.15) is 0 Å². The van der Waals surface area contributed by atoms with Crippen molar-refractivity contribution in [3.8, 4) is 11.5 Å². The molecule has 2 heterocycles. The maximum Gasteiger partial charge on any atom is 0.267 e. The Morgan fingerprint density at radius 2 is 2.00 bits per heavy atom. The second kappa shape index (κ2) is 6.48. The van der Waals surface area contributed by atoms with Crippen molar-refractivity contribution in [3.63, 3.8) is 0 Å². The maximum absolute atomic E-state index is 12.1. The molecule has 2 aromatic heterocycles. The summed E-state index contributed by atoms with van der Waals surface area (Å²) in [5.41, 5.74) is 3.04. The van der Waals surface area contributed by atoms with E-state index in [1.165, 1.54) is 0 Å². The van der Waals surface area contributed by atoms with Crippen LogP contribution in [-0.4, -0.2) is 31.7 Å². The van der Waals surface area contributed by atoms with E-state index in [1.54, 1.807) is 32.6 Å². The summed E-state index contributed by atoms with van der Waals surface area (Å²) in [4.78, 5) is 15.1. The molecule has 0 spiro atoms. The predicted molar refractivity (Wildman–Crippen MR) is 86.1 cm³/mol. The highest BCUT2D eigenvalue weighted by Crippen LogP contribution is 2.27.